The molecule has 4 aromatic rings. The van der Waals surface area contributed by atoms with Gasteiger partial charge >= 0.3 is 18.0 Å². The average molecular weight is 701 g/mol. The van der Waals surface area contributed by atoms with Gasteiger partial charge in [-0.2, -0.15) is 18.2 Å². The van der Waals surface area contributed by atoms with Crippen molar-refractivity contribution in [2.24, 2.45) is 0 Å². The molecular formula is C35H40F4N6O5. The Balaban J connectivity index is 1.78. The van der Waals surface area contributed by atoms with Crippen molar-refractivity contribution < 1.29 is 36.9 Å². The number of amides is 1. The molecule has 0 spiro atoms. The molecule has 50 heavy (non-hydrogen) atoms. The predicted octanol–water partition coefficient (Wildman–Crippen LogP) is 7.06. The number of phenolic OH excluding ortho intramolecular Hbond substituents is 1. The highest BCUT2D eigenvalue weighted by atomic mass is 19.4. The lowest BCUT2D eigenvalue weighted by molar-refractivity contribution is -0.138. The van der Waals surface area contributed by atoms with Crippen molar-refractivity contribution in [3.8, 4) is 28.4 Å². The first-order valence-electron chi connectivity index (χ1n) is 16.3. The lowest BCUT2D eigenvalue weighted by Gasteiger charge is -2.41. The molecule has 1 aromatic carbocycles. The molecule has 1 amide bonds. The highest BCUT2D eigenvalue weighted by Crippen LogP contribution is 2.42. The monoisotopic (exact) mass is 700 g/mol. The normalized spacial score (nSPS) is 15.6. The highest BCUT2D eigenvalue weighted by molar-refractivity contribution is 5.91. The summed E-state index contributed by atoms with van der Waals surface area (Å²) in [5.74, 6) is -2.17. The van der Waals surface area contributed by atoms with E-state index in [1.54, 1.807) is 31.7 Å². The van der Waals surface area contributed by atoms with Crippen LogP contribution in [0, 0.1) is 5.82 Å². The van der Waals surface area contributed by atoms with Crippen LogP contribution >= 0.6 is 0 Å². The minimum absolute atomic E-state index is 0.0646. The molecular weight excluding hydrogens is 660 g/mol. The average Bonchev–Trinajstić information content (AvgIpc) is 3.02. The van der Waals surface area contributed by atoms with Crippen LogP contribution in [0.25, 0.3) is 28.0 Å². The molecule has 3 aromatic heterocycles. The van der Waals surface area contributed by atoms with Gasteiger partial charge in [-0.3, -0.25) is 4.98 Å². The molecule has 0 radical (unpaired) electrons. The van der Waals surface area contributed by atoms with Crippen molar-refractivity contribution in [3.05, 3.63) is 64.1 Å². The van der Waals surface area contributed by atoms with Crippen LogP contribution in [-0.2, 0) is 10.9 Å². The maximum absolute atomic E-state index is 16.2. The first kappa shape index (κ1) is 36.3. The SMILES string of the molecule is CCCOc1ccnc(C(C)C)c1-n1c(=O)nc(N2CCN(C(=O)OC(C)(C)C)CC2C)c2cc(F)c(-c3cccc(C(F)(F)F)c3O)nc21. The summed E-state index contributed by atoms with van der Waals surface area (Å²) in [6, 6.07) is 5.02. The van der Waals surface area contributed by atoms with Crippen LogP contribution in [-0.4, -0.2) is 73.5 Å². The lowest BCUT2D eigenvalue weighted by Crippen LogP contribution is -2.55. The number of rotatable bonds is 7. The number of hydrogen-bond acceptors (Lipinski definition) is 9. The molecule has 1 saturated heterocycles. The fraction of sp³-hybridized carbons (Fsp3) is 0.457. The van der Waals surface area contributed by atoms with Gasteiger partial charge in [-0.1, -0.05) is 26.8 Å². The number of aromatic hydroxyl groups is 1. The van der Waals surface area contributed by atoms with E-state index in [1.807, 2.05) is 27.7 Å². The molecule has 5 rings (SSSR count). The van der Waals surface area contributed by atoms with E-state index in [9.17, 15) is 27.9 Å². The van der Waals surface area contributed by atoms with Gasteiger partial charge in [0.25, 0.3) is 0 Å². The number of anilines is 1. The third-order valence-electron chi connectivity index (χ3n) is 8.10. The van der Waals surface area contributed by atoms with E-state index in [0.29, 0.717) is 18.2 Å². The smallest absolute Gasteiger partial charge is 0.419 e. The van der Waals surface area contributed by atoms with Gasteiger partial charge in [0.15, 0.2) is 11.5 Å². The van der Waals surface area contributed by atoms with Crippen molar-refractivity contribution >= 4 is 22.9 Å². The second kappa shape index (κ2) is 13.8. The Bertz CT molecular complexity index is 1970. The van der Waals surface area contributed by atoms with Gasteiger partial charge in [-0.15, -0.1) is 0 Å². The number of pyridine rings is 2. The summed E-state index contributed by atoms with van der Waals surface area (Å²) in [5, 5.41) is 10.8. The Morgan fingerprint density at radius 1 is 1.12 bits per heavy atom. The quantitative estimate of drug-likeness (QED) is 0.202. The zero-order chi connectivity index (χ0) is 36.7. The Labute approximate surface area is 286 Å². The van der Waals surface area contributed by atoms with E-state index < -0.39 is 58.0 Å². The van der Waals surface area contributed by atoms with E-state index >= 15 is 4.39 Å². The molecule has 4 heterocycles. The minimum Gasteiger partial charge on any atom is -0.507 e. The number of halogens is 4. The second-order valence-electron chi connectivity index (χ2n) is 13.5. The standard InChI is InChI=1S/C35H40F4N6O5/c1-8-16-49-25-12-13-40-26(19(2)3)28(25)45-31-22(17-24(36)27(41-31)21-10-9-11-23(29(21)46)35(37,38)39)30(42-32(45)47)44-15-14-43(18-20(44)4)33(48)50-34(5,6)7/h9-13,17,19-20,46H,8,14-16,18H2,1-7H3. The number of aromatic nitrogens is 4. The fourth-order valence-electron chi connectivity index (χ4n) is 5.87. The number of fused-ring (bicyclic) bond motifs is 1. The number of carbonyl (C=O) groups is 1. The van der Waals surface area contributed by atoms with Gasteiger partial charge in [0.2, 0.25) is 0 Å². The predicted molar refractivity (Wildman–Crippen MR) is 179 cm³/mol. The van der Waals surface area contributed by atoms with Crippen LogP contribution in [0.5, 0.6) is 11.5 Å². The summed E-state index contributed by atoms with van der Waals surface area (Å²) in [5.41, 5.74) is -3.55. The molecule has 15 heteroatoms. The maximum Gasteiger partial charge on any atom is 0.419 e. The van der Waals surface area contributed by atoms with Gasteiger partial charge in [0.1, 0.15) is 34.3 Å². The van der Waals surface area contributed by atoms with Crippen LogP contribution in [0.15, 0.2) is 41.3 Å². The summed E-state index contributed by atoms with van der Waals surface area (Å²) in [7, 11) is 0. The number of alkyl halides is 3. The maximum atomic E-state index is 16.2. The molecule has 1 fully saturated rings. The van der Waals surface area contributed by atoms with E-state index in [0.717, 1.165) is 22.8 Å². The first-order chi connectivity index (χ1) is 23.4. The number of phenols is 1. The fourth-order valence-corrected chi connectivity index (χ4v) is 5.87. The van der Waals surface area contributed by atoms with Crippen molar-refractivity contribution in [2.45, 2.75) is 78.6 Å². The highest BCUT2D eigenvalue weighted by Gasteiger charge is 2.36. The minimum atomic E-state index is -4.93. The zero-order valence-electron chi connectivity index (χ0n) is 28.9. The summed E-state index contributed by atoms with van der Waals surface area (Å²) in [6.45, 7) is 13.6. The van der Waals surface area contributed by atoms with E-state index in [-0.39, 0.29) is 60.4 Å². The van der Waals surface area contributed by atoms with Crippen LogP contribution in [0.1, 0.15) is 72.1 Å². The van der Waals surface area contributed by atoms with Crippen LogP contribution in [0.4, 0.5) is 28.2 Å². The van der Waals surface area contributed by atoms with E-state index in [2.05, 4.69) is 15.0 Å². The van der Waals surface area contributed by atoms with Crippen molar-refractivity contribution in [1.82, 2.24) is 24.4 Å². The molecule has 1 atom stereocenters. The first-order valence-corrected chi connectivity index (χ1v) is 16.3. The third kappa shape index (κ3) is 7.17. The van der Waals surface area contributed by atoms with Crippen LogP contribution in [0.3, 0.4) is 0 Å². The topological polar surface area (TPSA) is 123 Å². The number of carbonyl (C=O) groups excluding carboxylic acids is 1. The molecule has 0 aliphatic carbocycles. The Morgan fingerprint density at radius 3 is 2.46 bits per heavy atom. The summed E-state index contributed by atoms with van der Waals surface area (Å²) in [6.07, 6.45) is -3.27. The zero-order valence-corrected chi connectivity index (χ0v) is 28.9. The van der Waals surface area contributed by atoms with E-state index in [4.69, 9.17) is 9.47 Å². The van der Waals surface area contributed by atoms with Gasteiger partial charge in [0.05, 0.1) is 23.3 Å². The molecule has 0 saturated carbocycles. The van der Waals surface area contributed by atoms with Gasteiger partial charge in [-0.05, 0) is 58.2 Å². The number of para-hydroxylation sites is 1. The van der Waals surface area contributed by atoms with Crippen molar-refractivity contribution in [2.75, 3.05) is 31.1 Å². The third-order valence-corrected chi connectivity index (χ3v) is 8.10. The van der Waals surface area contributed by atoms with Crippen LogP contribution < -0.4 is 15.3 Å². The molecule has 1 aliphatic rings. The molecule has 1 unspecified atom stereocenters. The van der Waals surface area contributed by atoms with Gasteiger partial charge < -0.3 is 24.4 Å². The number of hydrogen-bond donors (Lipinski definition) is 1. The van der Waals surface area contributed by atoms with Crippen molar-refractivity contribution in [1.29, 1.82) is 0 Å². The number of piperazine rings is 1. The Morgan fingerprint density at radius 2 is 1.84 bits per heavy atom. The summed E-state index contributed by atoms with van der Waals surface area (Å²) in [4.78, 5) is 43.8. The van der Waals surface area contributed by atoms with Gasteiger partial charge in [-0.25, -0.2) is 23.5 Å². The number of nitrogens with zero attached hydrogens (tertiary/aromatic N) is 6. The van der Waals surface area contributed by atoms with E-state index in [1.165, 1.54) is 11.1 Å². The molecule has 11 nitrogen and oxygen atoms in total. The van der Waals surface area contributed by atoms with Crippen LogP contribution in [0.2, 0.25) is 0 Å². The van der Waals surface area contributed by atoms with Crippen molar-refractivity contribution in [3.63, 3.8) is 0 Å². The molecule has 268 valence electrons. The van der Waals surface area contributed by atoms with Gasteiger partial charge in [0, 0.05) is 43.5 Å². The lowest BCUT2D eigenvalue weighted by atomic mass is 10.0. The summed E-state index contributed by atoms with van der Waals surface area (Å²) >= 11 is 0. The molecule has 1 aliphatic heterocycles. The largest absolute Gasteiger partial charge is 0.507 e. The summed E-state index contributed by atoms with van der Waals surface area (Å²) < 4.78 is 70.2. The number of ether oxygens (including phenoxy) is 2. The molecule has 0 bridgehead atoms. The Kier molecular flexibility index (Phi) is 9.99. The second-order valence-corrected chi connectivity index (χ2v) is 13.5. The number of benzene rings is 1. The Hall–Kier alpha value is -4.95. The molecule has 1 N–H and O–H groups in total.